The summed E-state index contributed by atoms with van der Waals surface area (Å²) in [6.45, 7) is 0. The van der Waals surface area contributed by atoms with Crippen molar-refractivity contribution in [2.75, 3.05) is 7.11 Å². The molecule has 1 heterocycles. The van der Waals surface area contributed by atoms with Gasteiger partial charge in [-0.05, 0) is 17.7 Å². The Morgan fingerprint density at radius 2 is 2.11 bits per heavy atom. The normalized spacial score (nSPS) is 22.7. The molecular formula is C12H12N4O2. The van der Waals surface area contributed by atoms with Gasteiger partial charge in [-0.1, -0.05) is 12.1 Å². The Morgan fingerprint density at radius 3 is 2.67 bits per heavy atom. The van der Waals surface area contributed by atoms with E-state index in [0.717, 1.165) is 5.56 Å². The Bertz CT molecular complexity index is 530. The van der Waals surface area contributed by atoms with Gasteiger partial charge in [-0.2, -0.15) is 5.26 Å². The maximum Gasteiger partial charge on any atom is 0.246 e. The molecule has 1 aliphatic rings. The number of nitriles is 1. The van der Waals surface area contributed by atoms with Gasteiger partial charge in [-0.3, -0.25) is 10.1 Å². The van der Waals surface area contributed by atoms with Crippen LogP contribution in [0.15, 0.2) is 29.3 Å². The minimum Gasteiger partial charge on any atom is -0.497 e. The Morgan fingerprint density at radius 1 is 1.44 bits per heavy atom. The van der Waals surface area contributed by atoms with Crippen molar-refractivity contribution in [2.24, 2.45) is 16.6 Å². The van der Waals surface area contributed by atoms with Gasteiger partial charge < -0.3 is 10.5 Å². The molecule has 6 nitrogen and oxygen atoms in total. The Kier molecular flexibility index (Phi) is 3.15. The second-order valence-corrected chi connectivity index (χ2v) is 3.83. The van der Waals surface area contributed by atoms with Gasteiger partial charge in [0.1, 0.15) is 11.8 Å². The fraction of sp³-hybridized carbons (Fsp3) is 0.250. The van der Waals surface area contributed by atoms with Crippen molar-refractivity contribution in [1.29, 1.82) is 5.26 Å². The molecule has 0 fully saturated rings. The molecule has 18 heavy (non-hydrogen) atoms. The molecule has 2 rings (SSSR count). The lowest BCUT2D eigenvalue weighted by Crippen LogP contribution is -2.46. The summed E-state index contributed by atoms with van der Waals surface area (Å²) in [7, 11) is 1.57. The summed E-state index contributed by atoms with van der Waals surface area (Å²) in [5, 5.41) is 11.4. The van der Waals surface area contributed by atoms with Crippen LogP contribution in [0.25, 0.3) is 0 Å². The molecule has 6 heteroatoms. The summed E-state index contributed by atoms with van der Waals surface area (Å²) in [4.78, 5) is 15.7. The number of amides is 1. The van der Waals surface area contributed by atoms with Crippen molar-refractivity contribution in [3.05, 3.63) is 29.8 Å². The molecule has 2 atom stereocenters. The number of carbonyl (C=O) groups is 1. The molecule has 0 aromatic heterocycles. The number of benzene rings is 1. The molecule has 1 amide bonds. The molecule has 3 N–H and O–H groups in total. The summed E-state index contributed by atoms with van der Waals surface area (Å²) in [6, 6.07) is 8.41. The molecule has 1 aliphatic heterocycles. The van der Waals surface area contributed by atoms with Crippen LogP contribution in [-0.2, 0) is 4.79 Å². The van der Waals surface area contributed by atoms with Gasteiger partial charge in [0.05, 0.1) is 13.2 Å². The molecule has 2 unspecified atom stereocenters. The van der Waals surface area contributed by atoms with Gasteiger partial charge in [0.2, 0.25) is 5.91 Å². The number of nitrogens with zero attached hydrogens (tertiary/aromatic N) is 2. The number of methoxy groups -OCH3 is 1. The van der Waals surface area contributed by atoms with Crippen LogP contribution in [-0.4, -0.2) is 19.0 Å². The average Bonchev–Trinajstić information content (AvgIpc) is 2.38. The van der Waals surface area contributed by atoms with Crippen molar-refractivity contribution in [3.63, 3.8) is 0 Å². The van der Waals surface area contributed by atoms with Crippen LogP contribution in [0.2, 0.25) is 0 Å². The molecule has 0 saturated heterocycles. The fourth-order valence-corrected chi connectivity index (χ4v) is 1.80. The standard InChI is InChI=1S/C12H12N4O2/c1-18-8-4-2-7(3-5-8)10-9(6-13)11(17)16-12(14)15-10/h2-5,9-10H,1H3,(H3,14,15,16,17). The number of hydrogen-bond donors (Lipinski definition) is 2. The van der Waals surface area contributed by atoms with E-state index in [9.17, 15) is 4.79 Å². The highest BCUT2D eigenvalue weighted by Crippen LogP contribution is 2.29. The predicted molar refractivity (Wildman–Crippen MR) is 64.6 cm³/mol. The Labute approximate surface area is 104 Å². The molecule has 0 saturated carbocycles. The molecule has 1 aromatic carbocycles. The Hall–Kier alpha value is -2.55. The topological polar surface area (TPSA) is 100 Å². The SMILES string of the molecule is COc1ccc(C2N=C(N)NC(=O)C2C#N)cc1. The van der Waals surface area contributed by atoms with E-state index in [-0.39, 0.29) is 5.96 Å². The summed E-state index contributed by atoms with van der Waals surface area (Å²) in [5.74, 6) is -0.562. The van der Waals surface area contributed by atoms with Crippen LogP contribution in [0.4, 0.5) is 0 Å². The van der Waals surface area contributed by atoms with Crippen molar-refractivity contribution in [2.45, 2.75) is 6.04 Å². The van der Waals surface area contributed by atoms with Crippen LogP contribution in [0.5, 0.6) is 5.75 Å². The van der Waals surface area contributed by atoms with E-state index in [1.807, 2.05) is 6.07 Å². The quantitative estimate of drug-likeness (QED) is 0.782. The molecule has 0 radical (unpaired) electrons. The lowest BCUT2D eigenvalue weighted by atomic mass is 9.93. The first kappa shape index (κ1) is 11.9. The van der Waals surface area contributed by atoms with E-state index in [2.05, 4.69) is 10.3 Å². The van der Waals surface area contributed by atoms with Crippen molar-refractivity contribution < 1.29 is 9.53 Å². The average molecular weight is 244 g/mol. The second-order valence-electron chi connectivity index (χ2n) is 3.83. The second kappa shape index (κ2) is 4.75. The summed E-state index contributed by atoms with van der Waals surface area (Å²) >= 11 is 0. The third kappa shape index (κ3) is 2.11. The van der Waals surface area contributed by atoms with E-state index in [4.69, 9.17) is 15.7 Å². The first-order valence-electron chi connectivity index (χ1n) is 5.33. The lowest BCUT2D eigenvalue weighted by Gasteiger charge is -2.23. The zero-order valence-corrected chi connectivity index (χ0v) is 9.75. The number of nitrogens with one attached hydrogen (secondary N) is 1. The maximum absolute atomic E-state index is 11.6. The third-order valence-electron chi connectivity index (χ3n) is 2.72. The highest BCUT2D eigenvalue weighted by molar-refractivity contribution is 6.00. The van der Waals surface area contributed by atoms with Crippen LogP contribution < -0.4 is 15.8 Å². The molecular weight excluding hydrogens is 232 g/mol. The number of guanidine groups is 1. The number of carbonyl (C=O) groups excluding carboxylic acids is 1. The monoisotopic (exact) mass is 244 g/mol. The minimum atomic E-state index is -0.870. The first-order valence-corrected chi connectivity index (χ1v) is 5.33. The third-order valence-corrected chi connectivity index (χ3v) is 2.72. The maximum atomic E-state index is 11.6. The van der Waals surface area contributed by atoms with E-state index in [1.165, 1.54) is 0 Å². The number of aliphatic imine (C=N–C) groups is 1. The van der Waals surface area contributed by atoms with Crippen molar-refractivity contribution in [1.82, 2.24) is 5.32 Å². The highest BCUT2D eigenvalue weighted by Gasteiger charge is 2.33. The van der Waals surface area contributed by atoms with Crippen LogP contribution in [0, 0.1) is 17.2 Å². The van der Waals surface area contributed by atoms with Gasteiger partial charge in [-0.15, -0.1) is 0 Å². The molecule has 1 aromatic rings. The van der Waals surface area contributed by atoms with Crippen molar-refractivity contribution in [3.8, 4) is 11.8 Å². The van der Waals surface area contributed by atoms with Gasteiger partial charge in [0.15, 0.2) is 11.9 Å². The summed E-state index contributed by atoms with van der Waals surface area (Å²) < 4.78 is 5.05. The first-order chi connectivity index (χ1) is 8.65. The number of nitrogens with two attached hydrogens (primary N) is 1. The fourth-order valence-electron chi connectivity index (χ4n) is 1.80. The Balaban J connectivity index is 2.37. The predicted octanol–water partition coefficient (Wildman–Crippen LogP) is 0.321. The highest BCUT2D eigenvalue weighted by atomic mass is 16.5. The zero-order chi connectivity index (χ0) is 13.1. The van der Waals surface area contributed by atoms with Gasteiger partial charge in [0.25, 0.3) is 0 Å². The largest absolute Gasteiger partial charge is 0.497 e. The number of hydrogen-bond acceptors (Lipinski definition) is 5. The van der Waals surface area contributed by atoms with Crippen LogP contribution in [0.3, 0.4) is 0 Å². The van der Waals surface area contributed by atoms with Crippen LogP contribution >= 0.6 is 0 Å². The van der Waals surface area contributed by atoms with Gasteiger partial charge >= 0.3 is 0 Å². The van der Waals surface area contributed by atoms with Crippen LogP contribution in [0.1, 0.15) is 11.6 Å². The van der Waals surface area contributed by atoms with E-state index in [0.29, 0.717) is 5.75 Å². The van der Waals surface area contributed by atoms with E-state index >= 15 is 0 Å². The smallest absolute Gasteiger partial charge is 0.246 e. The minimum absolute atomic E-state index is 0.0346. The summed E-state index contributed by atoms with van der Waals surface area (Å²) in [6.07, 6.45) is 0. The molecule has 0 bridgehead atoms. The number of rotatable bonds is 2. The summed E-state index contributed by atoms with van der Waals surface area (Å²) in [5.41, 5.74) is 6.26. The molecule has 92 valence electrons. The number of ether oxygens (including phenoxy) is 1. The molecule has 0 aliphatic carbocycles. The van der Waals surface area contributed by atoms with E-state index < -0.39 is 17.9 Å². The van der Waals surface area contributed by atoms with Crippen molar-refractivity contribution >= 4 is 11.9 Å². The zero-order valence-electron chi connectivity index (χ0n) is 9.75. The van der Waals surface area contributed by atoms with Gasteiger partial charge in [-0.25, -0.2) is 4.99 Å². The van der Waals surface area contributed by atoms with Gasteiger partial charge in [0, 0.05) is 0 Å². The molecule has 0 spiro atoms. The lowest BCUT2D eigenvalue weighted by molar-refractivity contribution is -0.122. The van der Waals surface area contributed by atoms with E-state index in [1.54, 1.807) is 31.4 Å².